The zero-order valence-electron chi connectivity index (χ0n) is 14.9. The van der Waals surface area contributed by atoms with Crippen LogP contribution in [0.2, 0.25) is 0 Å². The molecule has 0 spiro atoms. The van der Waals surface area contributed by atoms with E-state index in [0.29, 0.717) is 19.0 Å². The number of aromatic nitrogens is 3. The molecular weight excluding hydrogens is 294 g/mol. The van der Waals surface area contributed by atoms with Gasteiger partial charge in [0.1, 0.15) is 12.2 Å². The molecule has 1 aromatic heterocycles. The maximum absolute atomic E-state index is 12.3. The molecule has 2 heterocycles. The van der Waals surface area contributed by atoms with Gasteiger partial charge in [0.15, 0.2) is 0 Å². The van der Waals surface area contributed by atoms with Gasteiger partial charge in [-0.15, -0.1) is 0 Å². The minimum atomic E-state index is -0.153. The minimum Gasteiger partial charge on any atom is -0.376 e. The summed E-state index contributed by atoms with van der Waals surface area (Å²) in [6.07, 6.45) is 2.58. The van der Waals surface area contributed by atoms with E-state index in [4.69, 9.17) is 4.74 Å². The molecule has 0 saturated carbocycles. The molecule has 1 aromatic rings. The van der Waals surface area contributed by atoms with Gasteiger partial charge < -0.3 is 15.0 Å². The topological polar surface area (TPSA) is 72.3 Å². The first-order chi connectivity index (χ1) is 10.8. The fourth-order valence-corrected chi connectivity index (χ4v) is 2.59. The molecule has 0 aromatic carbocycles. The standard InChI is InChI=1S/C16H29N5O2/c1-12(2)10-23-13-6-7-20(9-13)15(22)17-8-14-18-11-19-21(14)16(3,4)5/h11-13H,6-10H2,1-5H3,(H,17,22). The molecule has 1 unspecified atom stereocenters. The van der Waals surface area contributed by atoms with E-state index in [0.717, 1.165) is 25.4 Å². The molecule has 1 aliphatic heterocycles. The molecule has 23 heavy (non-hydrogen) atoms. The second kappa shape index (κ2) is 7.29. The van der Waals surface area contributed by atoms with Crippen molar-refractivity contribution in [3.05, 3.63) is 12.2 Å². The van der Waals surface area contributed by atoms with Gasteiger partial charge in [-0.25, -0.2) is 14.5 Å². The van der Waals surface area contributed by atoms with E-state index in [1.54, 1.807) is 0 Å². The molecule has 1 atom stereocenters. The zero-order chi connectivity index (χ0) is 17.0. The van der Waals surface area contributed by atoms with Gasteiger partial charge in [0.25, 0.3) is 0 Å². The van der Waals surface area contributed by atoms with Crippen LogP contribution in [-0.2, 0) is 16.8 Å². The van der Waals surface area contributed by atoms with Crippen molar-refractivity contribution in [3.8, 4) is 0 Å². The molecule has 1 saturated heterocycles. The van der Waals surface area contributed by atoms with Gasteiger partial charge in [0.05, 0.1) is 18.2 Å². The summed E-state index contributed by atoms with van der Waals surface area (Å²) in [4.78, 5) is 18.3. The van der Waals surface area contributed by atoms with Crippen LogP contribution >= 0.6 is 0 Å². The first kappa shape index (κ1) is 17.7. The Kier molecular flexibility index (Phi) is 5.62. The van der Waals surface area contributed by atoms with Crippen LogP contribution in [0.15, 0.2) is 6.33 Å². The second-order valence-electron chi connectivity index (χ2n) is 7.50. The molecule has 130 valence electrons. The number of hydrogen-bond acceptors (Lipinski definition) is 4. The Morgan fingerprint density at radius 3 is 2.87 bits per heavy atom. The first-order valence-corrected chi connectivity index (χ1v) is 8.31. The van der Waals surface area contributed by atoms with Gasteiger partial charge in [-0.3, -0.25) is 0 Å². The number of carbonyl (C=O) groups excluding carboxylic acids is 1. The third-order valence-corrected chi connectivity index (χ3v) is 3.75. The van der Waals surface area contributed by atoms with Crippen molar-refractivity contribution < 1.29 is 9.53 Å². The van der Waals surface area contributed by atoms with E-state index in [1.807, 2.05) is 9.58 Å². The predicted octanol–water partition coefficient (Wildman–Crippen LogP) is 1.99. The highest BCUT2D eigenvalue weighted by atomic mass is 16.5. The van der Waals surface area contributed by atoms with Crippen LogP contribution < -0.4 is 5.32 Å². The van der Waals surface area contributed by atoms with E-state index in [2.05, 4.69) is 50.0 Å². The molecule has 0 bridgehead atoms. The van der Waals surface area contributed by atoms with Crippen LogP contribution in [0.25, 0.3) is 0 Å². The van der Waals surface area contributed by atoms with Crippen molar-refractivity contribution in [3.63, 3.8) is 0 Å². The molecule has 7 heteroatoms. The number of nitrogens with zero attached hydrogens (tertiary/aromatic N) is 4. The van der Waals surface area contributed by atoms with Crippen LogP contribution in [0.3, 0.4) is 0 Å². The molecule has 2 amide bonds. The summed E-state index contributed by atoms with van der Waals surface area (Å²) in [7, 11) is 0. The van der Waals surface area contributed by atoms with E-state index >= 15 is 0 Å². The first-order valence-electron chi connectivity index (χ1n) is 8.31. The molecule has 0 radical (unpaired) electrons. The van der Waals surface area contributed by atoms with Crippen LogP contribution in [0.1, 0.15) is 46.9 Å². The predicted molar refractivity (Wildman–Crippen MR) is 88.0 cm³/mol. The molecule has 0 aliphatic carbocycles. The molecular formula is C16H29N5O2. The highest BCUT2D eigenvalue weighted by Gasteiger charge is 2.27. The highest BCUT2D eigenvalue weighted by molar-refractivity contribution is 5.74. The number of carbonyl (C=O) groups is 1. The fourth-order valence-electron chi connectivity index (χ4n) is 2.59. The lowest BCUT2D eigenvalue weighted by atomic mass is 10.1. The maximum atomic E-state index is 12.3. The Morgan fingerprint density at radius 1 is 1.48 bits per heavy atom. The fraction of sp³-hybridized carbons (Fsp3) is 0.812. The van der Waals surface area contributed by atoms with Gasteiger partial charge in [0.2, 0.25) is 0 Å². The summed E-state index contributed by atoms with van der Waals surface area (Å²) >= 11 is 0. The number of amides is 2. The van der Waals surface area contributed by atoms with Crippen LogP contribution in [-0.4, -0.2) is 51.5 Å². The number of hydrogen-bond donors (Lipinski definition) is 1. The molecule has 1 N–H and O–H groups in total. The molecule has 1 fully saturated rings. The van der Waals surface area contributed by atoms with Crippen molar-refractivity contribution in [2.24, 2.45) is 5.92 Å². The van der Waals surface area contributed by atoms with Crippen molar-refractivity contribution in [1.82, 2.24) is 25.0 Å². The minimum absolute atomic E-state index is 0.0656. The average molecular weight is 323 g/mol. The largest absolute Gasteiger partial charge is 0.376 e. The summed E-state index contributed by atoms with van der Waals surface area (Å²) in [6, 6.07) is -0.0656. The lowest BCUT2D eigenvalue weighted by Gasteiger charge is -2.22. The van der Waals surface area contributed by atoms with Gasteiger partial charge in [-0.2, -0.15) is 5.10 Å². The summed E-state index contributed by atoms with van der Waals surface area (Å²) in [5, 5.41) is 7.17. The Morgan fingerprint density at radius 2 is 2.22 bits per heavy atom. The van der Waals surface area contributed by atoms with Gasteiger partial charge in [0, 0.05) is 19.7 Å². The maximum Gasteiger partial charge on any atom is 0.317 e. The zero-order valence-corrected chi connectivity index (χ0v) is 14.9. The Labute approximate surface area is 138 Å². The van der Waals surface area contributed by atoms with Crippen molar-refractivity contribution in [1.29, 1.82) is 0 Å². The number of nitrogens with one attached hydrogen (secondary N) is 1. The monoisotopic (exact) mass is 323 g/mol. The number of likely N-dealkylation sites (tertiary alicyclic amines) is 1. The van der Waals surface area contributed by atoms with E-state index in [9.17, 15) is 4.79 Å². The smallest absolute Gasteiger partial charge is 0.317 e. The average Bonchev–Trinajstić information content (AvgIpc) is 3.10. The van der Waals surface area contributed by atoms with Crippen molar-refractivity contribution in [2.75, 3.05) is 19.7 Å². The SMILES string of the molecule is CC(C)COC1CCN(C(=O)NCc2ncnn2C(C)(C)C)C1. The molecule has 2 rings (SSSR count). The van der Waals surface area contributed by atoms with Crippen LogP contribution in [0, 0.1) is 5.92 Å². The van der Waals surface area contributed by atoms with E-state index < -0.39 is 0 Å². The quantitative estimate of drug-likeness (QED) is 0.899. The lowest BCUT2D eigenvalue weighted by molar-refractivity contribution is 0.0436. The van der Waals surface area contributed by atoms with Crippen molar-refractivity contribution in [2.45, 2.75) is 59.2 Å². The number of ether oxygens (including phenoxy) is 1. The summed E-state index contributed by atoms with van der Waals surface area (Å²) in [5.41, 5.74) is -0.153. The normalized spacial score (nSPS) is 18.7. The lowest BCUT2D eigenvalue weighted by Crippen LogP contribution is -2.40. The van der Waals surface area contributed by atoms with E-state index in [-0.39, 0.29) is 17.7 Å². The Bertz CT molecular complexity index is 521. The third-order valence-electron chi connectivity index (χ3n) is 3.75. The van der Waals surface area contributed by atoms with Crippen LogP contribution in [0.4, 0.5) is 4.79 Å². The second-order valence-corrected chi connectivity index (χ2v) is 7.50. The summed E-state index contributed by atoms with van der Waals surface area (Å²) in [6.45, 7) is 13.0. The summed E-state index contributed by atoms with van der Waals surface area (Å²) in [5.74, 6) is 1.28. The number of rotatable bonds is 5. The summed E-state index contributed by atoms with van der Waals surface area (Å²) < 4.78 is 7.65. The van der Waals surface area contributed by atoms with Crippen LogP contribution in [0.5, 0.6) is 0 Å². The van der Waals surface area contributed by atoms with E-state index in [1.165, 1.54) is 6.33 Å². The Balaban J connectivity index is 1.81. The molecule has 1 aliphatic rings. The third kappa shape index (κ3) is 4.92. The highest BCUT2D eigenvalue weighted by Crippen LogP contribution is 2.15. The number of urea groups is 1. The van der Waals surface area contributed by atoms with Crippen molar-refractivity contribution >= 4 is 6.03 Å². The van der Waals surface area contributed by atoms with Gasteiger partial charge in [-0.05, 0) is 33.1 Å². The molecule has 7 nitrogen and oxygen atoms in total. The Hall–Kier alpha value is -1.63. The van der Waals surface area contributed by atoms with Gasteiger partial charge in [-0.1, -0.05) is 13.8 Å². The van der Waals surface area contributed by atoms with Gasteiger partial charge >= 0.3 is 6.03 Å².